The minimum atomic E-state index is -4.74. The molecule has 1 aliphatic rings. The number of anilines is 2. The van der Waals surface area contributed by atoms with E-state index in [4.69, 9.17) is 0 Å². The number of carbonyl (C=O) groups is 1. The van der Waals surface area contributed by atoms with Crippen molar-refractivity contribution in [2.24, 2.45) is 5.41 Å². The van der Waals surface area contributed by atoms with Gasteiger partial charge in [-0.05, 0) is 36.0 Å². The number of aromatic nitrogens is 1. The van der Waals surface area contributed by atoms with Crippen LogP contribution in [-0.2, 0) is 17.8 Å². The average molecular weight is 439 g/mol. The number of alkyl halides is 3. The van der Waals surface area contributed by atoms with Gasteiger partial charge >= 0.3 is 6.36 Å². The number of hydrogen-bond acceptors (Lipinski definition) is 4. The number of benzene rings is 1. The summed E-state index contributed by atoms with van der Waals surface area (Å²) >= 11 is 0. The van der Waals surface area contributed by atoms with Crippen LogP contribution < -0.4 is 15.0 Å². The summed E-state index contributed by atoms with van der Waals surface area (Å²) in [6, 6.07) is 6.94. The van der Waals surface area contributed by atoms with E-state index in [0.29, 0.717) is 30.9 Å². The zero-order chi connectivity index (χ0) is 22.8. The molecule has 0 atom stereocenters. The zero-order valence-electron chi connectivity index (χ0n) is 17.6. The summed E-state index contributed by atoms with van der Waals surface area (Å²) in [5.41, 5.74) is 1.82. The molecule has 31 heavy (non-hydrogen) atoms. The van der Waals surface area contributed by atoms with Crippen LogP contribution >= 0.6 is 0 Å². The number of halogens is 4. The molecule has 168 valence electrons. The van der Waals surface area contributed by atoms with Gasteiger partial charge in [0.25, 0.3) is 0 Å². The average Bonchev–Trinajstić information content (AvgIpc) is 2.62. The molecule has 0 saturated carbocycles. The van der Waals surface area contributed by atoms with Gasteiger partial charge in [-0.3, -0.25) is 4.79 Å². The van der Waals surface area contributed by atoms with Crippen LogP contribution in [0.1, 0.15) is 44.9 Å². The number of pyridine rings is 1. The Bertz CT molecular complexity index is 937. The van der Waals surface area contributed by atoms with Crippen LogP contribution in [-0.4, -0.2) is 23.8 Å². The number of nitrogens with zero attached hydrogens (tertiary/aromatic N) is 2. The number of rotatable bonds is 5. The van der Waals surface area contributed by atoms with E-state index in [9.17, 15) is 22.4 Å². The predicted molar refractivity (Wildman–Crippen MR) is 109 cm³/mol. The number of ether oxygens (including phenoxy) is 1. The van der Waals surface area contributed by atoms with Gasteiger partial charge in [-0.25, -0.2) is 9.37 Å². The highest BCUT2D eigenvalue weighted by atomic mass is 19.4. The maximum Gasteiger partial charge on any atom is 0.573 e. The summed E-state index contributed by atoms with van der Waals surface area (Å²) in [5.74, 6) is -1.29. The number of amides is 1. The topological polar surface area (TPSA) is 54.5 Å². The minimum Gasteiger partial charge on any atom is -0.406 e. The molecule has 2 heterocycles. The molecule has 0 aliphatic carbocycles. The Balaban J connectivity index is 1.74. The third-order valence-corrected chi connectivity index (χ3v) is 4.69. The minimum absolute atomic E-state index is 0.0801. The molecular formula is C22H25F4N3O2. The molecule has 5 nitrogen and oxygen atoms in total. The molecule has 1 aromatic heterocycles. The number of carbonyl (C=O) groups excluding carboxylic acids is 1. The van der Waals surface area contributed by atoms with Gasteiger partial charge in [0.05, 0.1) is 11.4 Å². The van der Waals surface area contributed by atoms with E-state index in [1.807, 2.05) is 25.7 Å². The lowest BCUT2D eigenvalue weighted by Gasteiger charge is -2.31. The highest BCUT2D eigenvalue weighted by Crippen LogP contribution is 2.31. The van der Waals surface area contributed by atoms with Crippen LogP contribution in [0.5, 0.6) is 5.75 Å². The first kappa shape index (κ1) is 22.8. The second-order valence-corrected chi connectivity index (χ2v) is 8.79. The number of hydrogen-bond donors (Lipinski definition) is 1. The van der Waals surface area contributed by atoms with Crippen molar-refractivity contribution in [2.75, 3.05) is 16.8 Å². The Hall–Kier alpha value is -2.84. The quantitative estimate of drug-likeness (QED) is 0.630. The summed E-state index contributed by atoms with van der Waals surface area (Å²) in [6.07, 6.45) is -3.06. The van der Waals surface area contributed by atoms with E-state index in [-0.39, 0.29) is 29.3 Å². The van der Waals surface area contributed by atoms with Gasteiger partial charge in [0.2, 0.25) is 5.91 Å². The Morgan fingerprint density at radius 2 is 1.87 bits per heavy atom. The lowest BCUT2D eigenvalue weighted by molar-refractivity contribution is -0.274. The zero-order valence-corrected chi connectivity index (χ0v) is 17.6. The normalized spacial score (nSPS) is 14.2. The van der Waals surface area contributed by atoms with Crippen molar-refractivity contribution in [3.8, 4) is 5.75 Å². The molecule has 1 aromatic carbocycles. The smallest absolute Gasteiger partial charge is 0.406 e. The third kappa shape index (κ3) is 6.57. The predicted octanol–water partition coefficient (Wildman–Crippen LogP) is 5.45. The summed E-state index contributed by atoms with van der Waals surface area (Å²) in [5, 5.41) is 2.56. The van der Waals surface area contributed by atoms with Crippen LogP contribution in [0.2, 0.25) is 0 Å². The maximum absolute atomic E-state index is 14.7. The molecule has 0 saturated heterocycles. The fourth-order valence-electron chi connectivity index (χ4n) is 3.46. The Kier molecular flexibility index (Phi) is 6.43. The largest absolute Gasteiger partial charge is 0.573 e. The SMILES string of the molecule is CC(C)(C)CC(=O)Nc1nc2c(cc1F)N(Cc1ccc(OC(F)(F)F)cc1)CCC2. The highest BCUT2D eigenvalue weighted by Gasteiger charge is 2.31. The molecule has 3 rings (SSSR count). The lowest BCUT2D eigenvalue weighted by atomic mass is 9.92. The number of nitrogens with one attached hydrogen (secondary N) is 1. The fraction of sp³-hybridized carbons (Fsp3) is 0.455. The van der Waals surface area contributed by atoms with Gasteiger partial charge in [-0.2, -0.15) is 0 Å². The maximum atomic E-state index is 14.7. The Labute approximate surface area is 178 Å². The van der Waals surface area contributed by atoms with Crippen LogP contribution in [0, 0.1) is 11.2 Å². The molecule has 1 aliphatic heterocycles. The van der Waals surface area contributed by atoms with Crippen molar-refractivity contribution in [1.29, 1.82) is 0 Å². The van der Waals surface area contributed by atoms with Crippen LogP contribution in [0.4, 0.5) is 29.1 Å². The van der Waals surface area contributed by atoms with Gasteiger partial charge in [0, 0.05) is 25.6 Å². The molecule has 0 radical (unpaired) electrons. The first-order valence-corrected chi connectivity index (χ1v) is 9.98. The van der Waals surface area contributed by atoms with Crippen LogP contribution in [0.25, 0.3) is 0 Å². The van der Waals surface area contributed by atoms with Crippen molar-refractivity contribution in [3.63, 3.8) is 0 Å². The fourth-order valence-corrected chi connectivity index (χ4v) is 3.46. The van der Waals surface area contributed by atoms with E-state index in [1.54, 1.807) is 12.1 Å². The van der Waals surface area contributed by atoms with Gasteiger partial charge < -0.3 is 15.0 Å². The molecule has 0 spiro atoms. The second-order valence-electron chi connectivity index (χ2n) is 8.79. The third-order valence-electron chi connectivity index (χ3n) is 4.69. The Morgan fingerprint density at radius 3 is 2.48 bits per heavy atom. The molecule has 0 fully saturated rings. The van der Waals surface area contributed by atoms with E-state index < -0.39 is 12.2 Å². The Morgan fingerprint density at radius 1 is 1.19 bits per heavy atom. The monoisotopic (exact) mass is 439 g/mol. The first-order valence-electron chi connectivity index (χ1n) is 9.98. The van der Waals surface area contributed by atoms with Crippen molar-refractivity contribution >= 4 is 17.4 Å². The van der Waals surface area contributed by atoms with Gasteiger partial charge in [-0.15, -0.1) is 13.2 Å². The van der Waals surface area contributed by atoms with Gasteiger partial charge in [0.15, 0.2) is 11.6 Å². The summed E-state index contributed by atoms with van der Waals surface area (Å²) in [4.78, 5) is 18.4. The van der Waals surface area contributed by atoms with Crippen molar-refractivity contribution in [2.45, 2.75) is 52.9 Å². The van der Waals surface area contributed by atoms with Crippen molar-refractivity contribution in [3.05, 3.63) is 47.4 Å². The first-order chi connectivity index (χ1) is 14.4. The molecule has 1 N–H and O–H groups in total. The van der Waals surface area contributed by atoms with E-state index in [1.165, 1.54) is 18.2 Å². The summed E-state index contributed by atoms with van der Waals surface area (Å²) in [7, 11) is 0. The van der Waals surface area contributed by atoms with Gasteiger partial charge in [0.1, 0.15) is 5.75 Å². The summed E-state index contributed by atoms with van der Waals surface area (Å²) in [6.45, 7) is 6.80. The highest BCUT2D eigenvalue weighted by molar-refractivity contribution is 5.90. The molecule has 0 unspecified atom stereocenters. The standard InChI is InChI=1S/C22H25F4N3O2/c1-21(2,3)12-19(30)28-20-16(23)11-18-17(27-20)5-4-10-29(18)13-14-6-8-15(9-7-14)31-22(24,25)26/h6-9,11H,4-5,10,12-13H2,1-3H3,(H,27,28,30). The van der Waals surface area contributed by atoms with Crippen molar-refractivity contribution < 1.29 is 27.1 Å². The van der Waals surface area contributed by atoms with E-state index in [0.717, 1.165) is 12.0 Å². The van der Waals surface area contributed by atoms with Gasteiger partial charge in [-0.1, -0.05) is 32.9 Å². The number of fused-ring (bicyclic) bond motifs is 1. The van der Waals surface area contributed by atoms with E-state index in [2.05, 4.69) is 15.0 Å². The van der Waals surface area contributed by atoms with E-state index >= 15 is 0 Å². The van der Waals surface area contributed by atoms with Crippen molar-refractivity contribution in [1.82, 2.24) is 4.98 Å². The molecule has 2 aromatic rings. The van der Waals surface area contributed by atoms with Crippen LogP contribution in [0.3, 0.4) is 0 Å². The number of aryl methyl sites for hydroxylation is 1. The second kappa shape index (κ2) is 8.72. The lowest BCUT2D eigenvalue weighted by Crippen LogP contribution is -2.30. The molecule has 9 heteroatoms. The molecule has 0 bridgehead atoms. The summed E-state index contributed by atoms with van der Waals surface area (Å²) < 4.78 is 55.5. The molecular weight excluding hydrogens is 414 g/mol. The van der Waals surface area contributed by atoms with Crippen LogP contribution in [0.15, 0.2) is 30.3 Å². The molecule has 1 amide bonds.